The minimum atomic E-state index is 0.123. The summed E-state index contributed by atoms with van der Waals surface area (Å²) in [7, 11) is 0. The van der Waals surface area contributed by atoms with Gasteiger partial charge in [-0.05, 0) is 18.9 Å². The van der Waals surface area contributed by atoms with E-state index < -0.39 is 0 Å². The Bertz CT molecular complexity index is 524. The van der Waals surface area contributed by atoms with Gasteiger partial charge in [0.2, 0.25) is 0 Å². The van der Waals surface area contributed by atoms with E-state index in [1.165, 1.54) is 37.8 Å². The number of hydrogen-bond donors (Lipinski definition) is 2. The van der Waals surface area contributed by atoms with Gasteiger partial charge in [-0.2, -0.15) is 5.10 Å². The fraction of sp³-hybridized carbons (Fsp3) is 0.438. The van der Waals surface area contributed by atoms with Crippen molar-refractivity contribution in [3.63, 3.8) is 0 Å². The first-order valence-electron chi connectivity index (χ1n) is 7.15. The summed E-state index contributed by atoms with van der Waals surface area (Å²) < 4.78 is 0. The summed E-state index contributed by atoms with van der Waals surface area (Å²) in [6, 6.07) is 12.5. The number of hydrogen-bond acceptors (Lipinski definition) is 2. The van der Waals surface area contributed by atoms with Crippen LogP contribution in [0.15, 0.2) is 36.4 Å². The third-order valence-corrected chi connectivity index (χ3v) is 4.42. The van der Waals surface area contributed by atoms with E-state index in [1.807, 2.05) is 18.2 Å². The molecule has 3 nitrogen and oxygen atoms in total. The fourth-order valence-electron chi connectivity index (χ4n) is 3.16. The van der Waals surface area contributed by atoms with Crippen LogP contribution in [0.2, 0.25) is 0 Å². The van der Waals surface area contributed by atoms with E-state index in [-0.39, 0.29) is 5.41 Å². The molecule has 0 bridgehead atoms. The SMILES string of the molecule is NCC1(c2cc(-c3ccccc3)n[nH]2)CCCCC1. The van der Waals surface area contributed by atoms with E-state index in [2.05, 4.69) is 28.4 Å². The molecular formula is C16H21N3. The second-order valence-corrected chi connectivity index (χ2v) is 5.58. The molecule has 1 fully saturated rings. The summed E-state index contributed by atoms with van der Waals surface area (Å²) in [5.74, 6) is 0. The lowest BCUT2D eigenvalue weighted by atomic mass is 9.72. The van der Waals surface area contributed by atoms with Crippen LogP contribution in [0.4, 0.5) is 0 Å². The van der Waals surface area contributed by atoms with Gasteiger partial charge in [0.1, 0.15) is 0 Å². The molecule has 3 N–H and O–H groups in total. The molecule has 0 spiro atoms. The van der Waals surface area contributed by atoms with Crippen LogP contribution in [-0.2, 0) is 5.41 Å². The van der Waals surface area contributed by atoms with Crippen LogP contribution in [0.5, 0.6) is 0 Å². The molecule has 0 aliphatic heterocycles. The predicted octanol–water partition coefficient (Wildman–Crippen LogP) is 3.24. The molecule has 100 valence electrons. The molecule has 0 unspecified atom stereocenters. The van der Waals surface area contributed by atoms with E-state index in [9.17, 15) is 0 Å². The highest BCUT2D eigenvalue weighted by atomic mass is 15.1. The zero-order chi connectivity index (χ0) is 13.1. The normalized spacial score (nSPS) is 18.4. The quantitative estimate of drug-likeness (QED) is 0.884. The summed E-state index contributed by atoms with van der Waals surface area (Å²) in [6.45, 7) is 0.712. The largest absolute Gasteiger partial charge is 0.330 e. The van der Waals surface area contributed by atoms with Crippen LogP contribution in [0.3, 0.4) is 0 Å². The summed E-state index contributed by atoms with van der Waals surface area (Å²) in [4.78, 5) is 0. The van der Waals surface area contributed by atoms with Crippen molar-refractivity contribution in [1.82, 2.24) is 10.2 Å². The Kier molecular flexibility index (Phi) is 3.38. The van der Waals surface area contributed by atoms with Gasteiger partial charge in [-0.1, -0.05) is 49.6 Å². The second kappa shape index (κ2) is 5.17. The lowest BCUT2D eigenvalue weighted by Gasteiger charge is -2.35. The highest BCUT2D eigenvalue weighted by molar-refractivity contribution is 5.59. The molecule has 1 aliphatic rings. The molecule has 0 radical (unpaired) electrons. The smallest absolute Gasteiger partial charge is 0.0923 e. The van der Waals surface area contributed by atoms with Gasteiger partial charge >= 0.3 is 0 Å². The number of H-pyrrole nitrogens is 1. The maximum atomic E-state index is 6.07. The van der Waals surface area contributed by atoms with Crippen molar-refractivity contribution in [2.45, 2.75) is 37.5 Å². The van der Waals surface area contributed by atoms with Crippen LogP contribution >= 0.6 is 0 Å². The Morgan fingerprint density at radius 1 is 1.11 bits per heavy atom. The van der Waals surface area contributed by atoms with E-state index in [0.29, 0.717) is 6.54 Å². The molecule has 0 atom stereocenters. The van der Waals surface area contributed by atoms with Gasteiger partial charge < -0.3 is 5.73 Å². The fourth-order valence-corrected chi connectivity index (χ4v) is 3.16. The number of nitrogens with two attached hydrogens (primary N) is 1. The van der Waals surface area contributed by atoms with Crippen LogP contribution in [0.25, 0.3) is 11.3 Å². The third-order valence-electron chi connectivity index (χ3n) is 4.42. The van der Waals surface area contributed by atoms with Gasteiger partial charge in [0.05, 0.1) is 5.69 Å². The minimum Gasteiger partial charge on any atom is -0.330 e. The van der Waals surface area contributed by atoms with Crippen molar-refractivity contribution in [2.75, 3.05) is 6.54 Å². The Morgan fingerprint density at radius 2 is 1.84 bits per heavy atom. The number of aromatic amines is 1. The monoisotopic (exact) mass is 255 g/mol. The number of benzene rings is 1. The highest BCUT2D eigenvalue weighted by Gasteiger charge is 2.34. The number of aromatic nitrogens is 2. The van der Waals surface area contributed by atoms with Gasteiger partial charge in [-0.25, -0.2) is 0 Å². The maximum Gasteiger partial charge on any atom is 0.0923 e. The molecule has 1 heterocycles. The van der Waals surface area contributed by atoms with E-state index in [0.717, 1.165) is 11.3 Å². The second-order valence-electron chi connectivity index (χ2n) is 5.58. The Morgan fingerprint density at radius 3 is 2.53 bits per heavy atom. The highest BCUT2D eigenvalue weighted by Crippen LogP contribution is 2.38. The van der Waals surface area contributed by atoms with Crippen LogP contribution < -0.4 is 5.73 Å². The molecule has 0 amide bonds. The molecule has 1 aliphatic carbocycles. The van der Waals surface area contributed by atoms with E-state index in [4.69, 9.17) is 5.73 Å². The summed E-state index contributed by atoms with van der Waals surface area (Å²) in [5.41, 5.74) is 9.59. The lowest BCUT2D eigenvalue weighted by molar-refractivity contribution is 0.293. The lowest BCUT2D eigenvalue weighted by Crippen LogP contribution is -2.37. The molecule has 3 heteroatoms. The van der Waals surface area contributed by atoms with Crippen molar-refractivity contribution in [1.29, 1.82) is 0 Å². The average Bonchev–Trinajstić information content (AvgIpc) is 2.99. The number of nitrogens with zero attached hydrogens (tertiary/aromatic N) is 1. The van der Waals surface area contributed by atoms with Crippen molar-refractivity contribution < 1.29 is 0 Å². The van der Waals surface area contributed by atoms with Gasteiger partial charge in [-0.15, -0.1) is 0 Å². The maximum absolute atomic E-state index is 6.07. The van der Waals surface area contributed by atoms with E-state index in [1.54, 1.807) is 0 Å². The molecule has 1 aromatic carbocycles. The summed E-state index contributed by atoms with van der Waals surface area (Å²) in [6.07, 6.45) is 6.25. The number of nitrogens with one attached hydrogen (secondary N) is 1. The van der Waals surface area contributed by atoms with Gasteiger partial charge in [0.25, 0.3) is 0 Å². The van der Waals surface area contributed by atoms with Gasteiger partial charge in [0.15, 0.2) is 0 Å². The Hall–Kier alpha value is -1.61. The van der Waals surface area contributed by atoms with Crippen LogP contribution in [0, 0.1) is 0 Å². The first kappa shape index (κ1) is 12.4. The van der Waals surface area contributed by atoms with Crippen molar-refractivity contribution >= 4 is 0 Å². The summed E-state index contributed by atoms with van der Waals surface area (Å²) >= 11 is 0. The molecule has 0 saturated heterocycles. The van der Waals surface area contributed by atoms with Crippen molar-refractivity contribution in [3.8, 4) is 11.3 Å². The molecule has 3 rings (SSSR count). The molecular weight excluding hydrogens is 234 g/mol. The first-order valence-corrected chi connectivity index (χ1v) is 7.15. The minimum absolute atomic E-state index is 0.123. The third kappa shape index (κ3) is 2.30. The predicted molar refractivity (Wildman–Crippen MR) is 77.8 cm³/mol. The van der Waals surface area contributed by atoms with E-state index >= 15 is 0 Å². The van der Waals surface area contributed by atoms with Crippen LogP contribution in [0.1, 0.15) is 37.8 Å². The standard InChI is InChI=1S/C16H21N3/c17-12-16(9-5-2-6-10-16)15-11-14(18-19-15)13-7-3-1-4-8-13/h1,3-4,7-8,11H,2,5-6,9-10,12,17H2,(H,18,19). The molecule has 1 saturated carbocycles. The zero-order valence-corrected chi connectivity index (χ0v) is 11.2. The zero-order valence-electron chi connectivity index (χ0n) is 11.2. The average molecular weight is 255 g/mol. The van der Waals surface area contributed by atoms with Gasteiger partial charge in [0, 0.05) is 23.2 Å². The summed E-state index contributed by atoms with van der Waals surface area (Å²) in [5, 5.41) is 7.71. The van der Waals surface area contributed by atoms with Gasteiger partial charge in [-0.3, -0.25) is 5.10 Å². The topological polar surface area (TPSA) is 54.7 Å². The molecule has 1 aromatic heterocycles. The van der Waals surface area contributed by atoms with Crippen LogP contribution in [-0.4, -0.2) is 16.7 Å². The Balaban J connectivity index is 1.92. The van der Waals surface area contributed by atoms with Crippen molar-refractivity contribution in [2.24, 2.45) is 5.73 Å². The first-order chi connectivity index (χ1) is 9.34. The number of rotatable bonds is 3. The molecule has 19 heavy (non-hydrogen) atoms. The molecule has 2 aromatic rings. The van der Waals surface area contributed by atoms with Crippen molar-refractivity contribution in [3.05, 3.63) is 42.1 Å². The Labute approximate surface area is 114 Å².